The minimum absolute atomic E-state index is 0.637. The second-order valence-corrected chi connectivity index (χ2v) is 5.63. The first kappa shape index (κ1) is 14.7. The molecular weight excluding hydrogens is 270 g/mol. The van der Waals surface area contributed by atoms with Crippen molar-refractivity contribution >= 4 is 17.0 Å². The number of methoxy groups -OCH3 is 1. The maximum Gasteiger partial charge on any atom is 0.162 e. The third kappa shape index (κ3) is 3.67. The van der Waals surface area contributed by atoms with Crippen LogP contribution in [0.2, 0.25) is 0 Å². The minimum Gasteiger partial charge on any atom is -0.493 e. The van der Waals surface area contributed by atoms with Crippen molar-refractivity contribution in [2.75, 3.05) is 19.0 Å². The topological polar surface area (TPSA) is 30.5 Å². The maximum absolute atomic E-state index is 5.51. The summed E-state index contributed by atoms with van der Waals surface area (Å²) in [6.07, 6.45) is 1.10. The van der Waals surface area contributed by atoms with E-state index in [1.54, 1.807) is 7.11 Å². The van der Waals surface area contributed by atoms with Gasteiger partial charge < -0.3 is 14.8 Å². The van der Waals surface area contributed by atoms with Gasteiger partial charge in [-0.3, -0.25) is 0 Å². The fourth-order valence-electron chi connectivity index (χ4n) is 1.95. The van der Waals surface area contributed by atoms with E-state index in [9.17, 15) is 0 Å². The molecule has 2 rings (SSSR count). The number of benzene rings is 1. The average Bonchev–Trinajstić information content (AvgIpc) is 2.94. The van der Waals surface area contributed by atoms with Crippen LogP contribution in [0.15, 0.2) is 30.3 Å². The van der Waals surface area contributed by atoms with Crippen LogP contribution in [-0.2, 0) is 13.0 Å². The molecule has 1 N–H and O–H groups in total. The molecule has 0 fully saturated rings. The Morgan fingerprint density at radius 1 is 1.05 bits per heavy atom. The van der Waals surface area contributed by atoms with E-state index < -0.39 is 0 Å². The van der Waals surface area contributed by atoms with Gasteiger partial charge in [0.05, 0.1) is 13.7 Å². The molecule has 0 aliphatic heterocycles. The van der Waals surface area contributed by atoms with Gasteiger partial charge in [-0.2, -0.15) is 0 Å². The van der Waals surface area contributed by atoms with Crippen LogP contribution in [-0.4, -0.2) is 13.7 Å². The van der Waals surface area contributed by atoms with Gasteiger partial charge in [-0.25, -0.2) is 0 Å². The van der Waals surface area contributed by atoms with Crippen LogP contribution in [0.5, 0.6) is 11.5 Å². The molecule has 0 bridgehead atoms. The smallest absolute Gasteiger partial charge is 0.162 e. The highest BCUT2D eigenvalue weighted by molar-refractivity contribution is 7.12. The number of thiophene rings is 1. The van der Waals surface area contributed by atoms with Crippen molar-refractivity contribution in [3.63, 3.8) is 0 Å². The van der Waals surface area contributed by atoms with E-state index in [2.05, 4.69) is 24.4 Å². The zero-order chi connectivity index (χ0) is 14.4. The summed E-state index contributed by atoms with van der Waals surface area (Å²) < 4.78 is 10.9. The molecule has 0 atom stereocenters. The zero-order valence-electron chi connectivity index (χ0n) is 12.2. The highest BCUT2D eigenvalue weighted by Gasteiger charge is 2.05. The van der Waals surface area contributed by atoms with E-state index in [1.165, 1.54) is 9.75 Å². The van der Waals surface area contributed by atoms with Crippen molar-refractivity contribution in [1.29, 1.82) is 0 Å². The average molecular weight is 291 g/mol. The molecule has 20 heavy (non-hydrogen) atoms. The number of rotatable bonds is 7. The molecule has 1 heterocycles. The number of hydrogen-bond donors (Lipinski definition) is 1. The Balaban J connectivity index is 2.02. The lowest BCUT2D eigenvalue weighted by molar-refractivity contribution is 0.311. The third-order valence-electron chi connectivity index (χ3n) is 3.00. The molecular formula is C16H21NO2S. The molecule has 1 aromatic heterocycles. The molecule has 0 aliphatic rings. The summed E-state index contributed by atoms with van der Waals surface area (Å²) in [5.74, 6) is 1.54. The van der Waals surface area contributed by atoms with Crippen LogP contribution in [0.4, 0.5) is 5.69 Å². The molecule has 4 heteroatoms. The Kier molecular flexibility index (Phi) is 5.30. The lowest BCUT2D eigenvalue weighted by Gasteiger charge is -2.12. The summed E-state index contributed by atoms with van der Waals surface area (Å²) >= 11 is 1.85. The van der Waals surface area contributed by atoms with Gasteiger partial charge in [0, 0.05) is 28.1 Å². The molecule has 3 nitrogen and oxygen atoms in total. The fourth-order valence-corrected chi connectivity index (χ4v) is 2.85. The molecule has 0 aliphatic carbocycles. The normalized spacial score (nSPS) is 10.3. The fraction of sp³-hybridized carbons (Fsp3) is 0.375. The van der Waals surface area contributed by atoms with Crippen LogP contribution in [0, 0.1) is 0 Å². The maximum atomic E-state index is 5.51. The van der Waals surface area contributed by atoms with E-state index in [1.807, 2.05) is 36.5 Å². The van der Waals surface area contributed by atoms with E-state index in [0.717, 1.165) is 30.2 Å². The minimum atomic E-state index is 0.637. The van der Waals surface area contributed by atoms with E-state index in [4.69, 9.17) is 9.47 Å². The molecule has 0 saturated carbocycles. The molecule has 1 aromatic carbocycles. The van der Waals surface area contributed by atoms with E-state index in [0.29, 0.717) is 6.61 Å². The number of aryl methyl sites for hydroxylation is 1. The van der Waals surface area contributed by atoms with Crippen molar-refractivity contribution in [3.8, 4) is 11.5 Å². The Bertz CT molecular complexity index is 551. The Hall–Kier alpha value is -1.68. The molecule has 0 saturated heterocycles. The quantitative estimate of drug-likeness (QED) is 0.823. The van der Waals surface area contributed by atoms with Gasteiger partial charge in [0.2, 0.25) is 0 Å². The van der Waals surface area contributed by atoms with E-state index in [-0.39, 0.29) is 0 Å². The van der Waals surface area contributed by atoms with Crippen molar-refractivity contribution in [2.45, 2.75) is 26.8 Å². The second-order valence-electron chi connectivity index (χ2n) is 4.37. The Morgan fingerprint density at radius 3 is 2.50 bits per heavy atom. The second kappa shape index (κ2) is 7.20. The van der Waals surface area contributed by atoms with Gasteiger partial charge in [-0.15, -0.1) is 11.3 Å². The first-order valence-corrected chi connectivity index (χ1v) is 7.70. The van der Waals surface area contributed by atoms with Crippen molar-refractivity contribution in [3.05, 3.63) is 40.1 Å². The Morgan fingerprint density at radius 2 is 1.85 bits per heavy atom. The first-order valence-electron chi connectivity index (χ1n) is 6.89. The Labute approximate surface area is 124 Å². The monoisotopic (exact) mass is 291 g/mol. The standard InChI is InChI=1S/C16H21NO2S/c1-4-13-7-8-14(20-13)11-17-12-6-9-15(19-5-2)16(10-12)18-3/h6-10,17H,4-5,11H2,1-3H3. The van der Waals surface area contributed by atoms with Crippen LogP contribution in [0.25, 0.3) is 0 Å². The summed E-state index contributed by atoms with van der Waals surface area (Å²) in [7, 11) is 1.66. The number of ether oxygens (including phenoxy) is 2. The molecule has 0 unspecified atom stereocenters. The van der Waals surface area contributed by atoms with Gasteiger partial charge in [0.15, 0.2) is 11.5 Å². The van der Waals surface area contributed by atoms with Crippen LogP contribution in [0.1, 0.15) is 23.6 Å². The molecule has 2 aromatic rings. The summed E-state index contributed by atoms with van der Waals surface area (Å²) in [4.78, 5) is 2.76. The van der Waals surface area contributed by atoms with Gasteiger partial charge >= 0.3 is 0 Å². The zero-order valence-corrected chi connectivity index (χ0v) is 13.0. The van der Waals surface area contributed by atoms with Gasteiger partial charge in [0.25, 0.3) is 0 Å². The lowest BCUT2D eigenvalue weighted by atomic mass is 10.2. The molecule has 0 amide bonds. The summed E-state index contributed by atoms with van der Waals surface area (Å²) in [5, 5.41) is 3.42. The highest BCUT2D eigenvalue weighted by Crippen LogP contribution is 2.30. The number of anilines is 1. The van der Waals surface area contributed by atoms with Crippen molar-refractivity contribution in [1.82, 2.24) is 0 Å². The van der Waals surface area contributed by atoms with Gasteiger partial charge in [0.1, 0.15) is 0 Å². The third-order valence-corrected chi connectivity index (χ3v) is 4.23. The summed E-state index contributed by atoms with van der Waals surface area (Å²) in [6, 6.07) is 10.3. The highest BCUT2D eigenvalue weighted by atomic mass is 32.1. The first-order chi connectivity index (χ1) is 9.76. The summed E-state index contributed by atoms with van der Waals surface area (Å²) in [6.45, 7) is 5.62. The predicted molar refractivity (Wildman–Crippen MR) is 85.2 cm³/mol. The SMILES string of the molecule is CCOc1ccc(NCc2ccc(CC)s2)cc1OC. The van der Waals surface area contributed by atoms with Crippen molar-refractivity contribution in [2.24, 2.45) is 0 Å². The van der Waals surface area contributed by atoms with Crippen molar-refractivity contribution < 1.29 is 9.47 Å². The predicted octanol–water partition coefficient (Wildman–Crippen LogP) is 4.33. The summed E-state index contributed by atoms with van der Waals surface area (Å²) in [5.41, 5.74) is 1.04. The molecule has 0 spiro atoms. The van der Waals surface area contributed by atoms with Gasteiger partial charge in [-0.05, 0) is 37.6 Å². The molecule has 0 radical (unpaired) electrons. The number of hydrogen-bond acceptors (Lipinski definition) is 4. The van der Waals surface area contributed by atoms with E-state index >= 15 is 0 Å². The van der Waals surface area contributed by atoms with Crippen LogP contribution < -0.4 is 14.8 Å². The van der Waals surface area contributed by atoms with Gasteiger partial charge in [-0.1, -0.05) is 6.92 Å². The largest absolute Gasteiger partial charge is 0.493 e. The van der Waals surface area contributed by atoms with Crippen LogP contribution >= 0.6 is 11.3 Å². The lowest BCUT2D eigenvalue weighted by Crippen LogP contribution is -1.99. The molecule has 108 valence electrons. The number of nitrogens with one attached hydrogen (secondary N) is 1. The van der Waals surface area contributed by atoms with Crippen LogP contribution in [0.3, 0.4) is 0 Å².